The molecule has 0 aliphatic carbocycles. The molecule has 23 heavy (non-hydrogen) atoms. The van der Waals surface area contributed by atoms with Crippen LogP contribution < -0.4 is 0 Å². The summed E-state index contributed by atoms with van der Waals surface area (Å²) in [5.41, 5.74) is 2.24. The molecule has 1 aliphatic heterocycles. The molecule has 0 N–H and O–H groups in total. The highest BCUT2D eigenvalue weighted by Gasteiger charge is 2.31. The van der Waals surface area contributed by atoms with Gasteiger partial charge in [-0.25, -0.2) is 8.42 Å². The first-order valence-corrected chi connectivity index (χ1v) is 9.89. The fourth-order valence-corrected chi connectivity index (χ4v) is 4.97. The van der Waals surface area contributed by atoms with Crippen molar-refractivity contribution in [3.63, 3.8) is 0 Å². The molecule has 0 radical (unpaired) electrons. The molecule has 0 bridgehead atoms. The van der Waals surface area contributed by atoms with Crippen molar-refractivity contribution in [1.29, 1.82) is 0 Å². The Morgan fingerprint density at radius 2 is 2.09 bits per heavy atom. The Hall–Kier alpha value is -1.59. The molecule has 124 valence electrons. The molecule has 3 rings (SSSR count). The lowest BCUT2D eigenvalue weighted by Crippen LogP contribution is -2.35. The summed E-state index contributed by atoms with van der Waals surface area (Å²) in [5, 5.41) is 0. The third-order valence-electron chi connectivity index (χ3n) is 4.47. The monoisotopic (exact) mass is 333 g/mol. The van der Waals surface area contributed by atoms with Gasteiger partial charge < -0.3 is 4.42 Å². The highest BCUT2D eigenvalue weighted by molar-refractivity contribution is 7.91. The van der Waals surface area contributed by atoms with Crippen LogP contribution in [0.25, 0.3) is 11.3 Å². The van der Waals surface area contributed by atoms with Gasteiger partial charge in [0.25, 0.3) is 0 Å². The summed E-state index contributed by atoms with van der Waals surface area (Å²) in [4.78, 5) is 2.26. The van der Waals surface area contributed by atoms with Crippen molar-refractivity contribution < 1.29 is 12.8 Å². The number of rotatable bonds is 5. The highest BCUT2D eigenvalue weighted by atomic mass is 32.2. The molecule has 1 fully saturated rings. The summed E-state index contributed by atoms with van der Waals surface area (Å²) < 4.78 is 29.1. The van der Waals surface area contributed by atoms with Crippen molar-refractivity contribution in [2.45, 2.75) is 32.9 Å². The lowest BCUT2D eigenvalue weighted by molar-refractivity contribution is 0.215. The molecule has 0 saturated carbocycles. The molecule has 1 atom stereocenters. The molecule has 1 aromatic heterocycles. The number of hydrogen-bond donors (Lipinski definition) is 0. The molecule has 5 heteroatoms. The number of benzene rings is 1. The zero-order valence-electron chi connectivity index (χ0n) is 13.7. The summed E-state index contributed by atoms with van der Waals surface area (Å²) >= 11 is 0. The maximum Gasteiger partial charge on any atom is 0.151 e. The molecule has 2 aromatic rings. The average Bonchev–Trinajstić information content (AvgIpc) is 3.11. The van der Waals surface area contributed by atoms with Crippen molar-refractivity contribution in [3.8, 4) is 11.3 Å². The average molecular weight is 333 g/mol. The Labute approximate surface area is 138 Å². The third-order valence-corrected chi connectivity index (χ3v) is 6.22. The topological polar surface area (TPSA) is 50.5 Å². The minimum Gasteiger partial charge on any atom is -0.461 e. The van der Waals surface area contributed by atoms with Crippen LogP contribution >= 0.6 is 0 Å². The first-order chi connectivity index (χ1) is 11.0. The van der Waals surface area contributed by atoms with Crippen molar-refractivity contribution in [2.75, 3.05) is 18.1 Å². The zero-order chi connectivity index (χ0) is 16.4. The van der Waals surface area contributed by atoms with Crippen LogP contribution in [0.5, 0.6) is 0 Å². The van der Waals surface area contributed by atoms with Gasteiger partial charge in [-0.15, -0.1) is 0 Å². The summed E-state index contributed by atoms with van der Waals surface area (Å²) in [7, 11) is -2.85. The Kier molecular flexibility index (Phi) is 4.60. The number of hydrogen-bond acceptors (Lipinski definition) is 4. The number of aryl methyl sites for hydroxylation is 1. The van der Waals surface area contributed by atoms with Gasteiger partial charge in [-0.2, -0.15) is 0 Å². The van der Waals surface area contributed by atoms with E-state index in [2.05, 4.69) is 24.0 Å². The zero-order valence-corrected chi connectivity index (χ0v) is 14.5. The molecular weight excluding hydrogens is 310 g/mol. The first kappa shape index (κ1) is 16.3. The van der Waals surface area contributed by atoms with Crippen LogP contribution in [0.15, 0.2) is 40.8 Å². The second-order valence-electron chi connectivity index (χ2n) is 6.23. The van der Waals surface area contributed by atoms with Crippen molar-refractivity contribution in [2.24, 2.45) is 0 Å². The van der Waals surface area contributed by atoms with Gasteiger partial charge in [0.2, 0.25) is 0 Å². The maximum absolute atomic E-state index is 11.7. The SMILES string of the molecule is CCN(Cc1cccc(-c2ccc(C)o2)c1)[C@@H]1CCS(=O)(=O)C1. The fourth-order valence-electron chi connectivity index (χ4n) is 3.21. The number of furan rings is 1. The molecule has 1 saturated heterocycles. The van der Waals surface area contributed by atoms with Crippen LogP contribution in [-0.4, -0.2) is 37.4 Å². The standard InChI is InChI=1S/C18H23NO3S/c1-3-19(17-9-10-23(20,21)13-17)12-15-5-4-6-16(11-15)18-8-7-14(2)22-18/h4-8,11,17H,3,9-10,12-13H2,1-2H3/t17-/m1/s1. The molecule has 1 aliphatic rings. The summed E-state index contributed by atoms with van der Waals surface area (Å²) in [6, 6.07) is 12.4. The van der Waals surface area contributed by atoms with Gasteiger partial charge in [0.1, 0.15) is 11.5 Å². The normalized spacial score (nSPS) is 20.2. The molecule has 2 heterocycles. The van der Waals surface area contributed by atoms with E-state index in [-0.39, 0.29) is 11.8 Å². The predicted octanol–water partition coefficient (Wildman–Crippen LogP) is 3.26. The number of nitrogens with zero attached hydrogens (tertiary/aromatic N) is 1. The second kappa shape index (κ2) is 6.49. The van der Waals surface area contributed by atoms with Gasteiger partial charge in [-0.05, 0) is 43.7 Å². The molecule has 0 spiro atoms. The maximum atomic E-state index is 11.7. The molecule has 0 unspecified atom stereocenters. The molecule has 4 nitrogen and oxygen atoms in total. The molecule has 0 amide bonds. The van der Waals surface area contributed by atoms with Gasteiger partial charge in [-0.3, -0.25) is 4.90 Å². The van der Waals surface area contributed by atoms with E-state index in [9.17, 15) is 8.42 Å². The lowest BCUT2D eigenvalue weighted by Gasteiger charge is -2.26. The third kappa shape index (κ3) is 3.85. The van der Waals surface area contributed by atoms with E-state index in [4.69, 9.17) is 4.42 Å². The van der Waals surface area contributed by atoms with Gasteiger partial charge >= 0.3 is 0 Å². The summed E-state index contributed by atoms with van der Waals surface area (Å²) in [6.45, 7) is 5.64. The largest absolute Gasteiger partial charge is 0.461 e. The second-order valence-corrected chi connectivity index (χ2v) is 8.46. The van der Waals surface area contributed by atoms with Gasteiger partial charge in [-0.1, -0.05) is 25.1 Å². The van der Waals surface area contributed by atoms with Crippen LogP contribution in [0.1, 0.15) is 24.7 Å². The van der Waals surface area contributed by atoms with E-state index >= 15 is 0 Å². The lowest BCUT2D eigenvalue weighted by atomic mass is 10.1. The minimum atomic E-state index is -2.85. The molecular formula is C18H23NO3S. The number of sulfone groups is 1. The van der Waals surface area contributed by atoms with Crippen LogP contribution in [0, 0.1) is 6.92 Å². The van der Waals surface area contributed by atoms with E-state index in [0.717, 1.165) is 36.6 Å². The molecule has 1 aromatic carbocycles. The van der Waals surface area contributed by atoms with Gasteiger partial charge in [0.05, 0.1) is 11.5 Å². The minimum absolute atomic E-state index is 0.138. The fraction of sp³-hybridized carbons (Fsp3) is 0.444. The van der Waals surface area contributed by atoms with Crippen molar-refractivity contribution in [1.82, 2.24) is 4.90 Å². The van der Waals surface area contributed by atoms with E-state index in [1.54, 1.807) is 0 Å². The Morgan fingerprint density at radius 3 is 2.70 bits per heavy atom. The summed E-state index contributed by atoms with van der Waals surface area (Å²) in [6.07, 6.45) is 0.743. The van der Waals surface area contributed by atoms with E-state index < -0.39 is 9.84 Å². The van der Waals surface area contributed by atoms with Gasteiger partial charge in [0, 0.05) is 18.2 Å². The highest BCUT2D eigenvalue weighted by Crippen LogP contribution is 2.25. The van der Waals surface area contributed by atoms with Crippen LogP contribution in [0.3, 0.4) is 0 Å². The van der Waals surface area contributed by atoms with Gasteiger partial charge in [0.15, 0.2) is 9.84 Å². The first-order valence-electron chi connectivity index (χ1n) is 8.07. The quantitative estimate of drug-likeness (QED) is 0.843. The van der Waals surface area contributed by atoms with E-state index in [0.29, 0.717) is 5.75 Å². The predicted molar refractivity (Wildman–Crippen MR) is 92.0 cm³/mol. The van der Waals surface area contributed by atoms with E-state index in [1.807, 2.05) is 31.2 Å². The van der Waals surface area contributed by atoms with E-state index in [1.165, 1.54) is 5.56 Å². The van der Waals surface area contributed by atoms with Crippen molar-refractivity contribution in [3.05, 3.63) is 47.7 Å². The van der Waals surface area contributed by atoms with Crippen LogP contribution in [0.4, 0.5) is 0 Å². The Morgan fingerprint density at radius 1 is 1.26 bits per heavy atom. The van der Waals surface area contributed by atoms with Crippen LogP contribution in [-0.2, 0) is 16.4 Å². The smallest absolute Gasteiger partial charge is 0.151 e. The summed E-state index contributed by atoms with van der Waals surface area (Å²) in [5.74, 6) is 2.38. The van der Waals surface area contributed by atoms with Crippen LogP contribution in [0.2, 0.25) is 0 Å². The van der Waals surface area contributed by atoms with Crippen molar-refractivity contribution >= 4 is 9.84 Å². The Balaban J connectivity index is 1.76. The Bertz CT molecular complexity index is 779.